The van der Waals surface area contributed by atoms with Gasteiger partial charge in [0.1, 0.15) is 16.3 Å². The normalized spacial score (nSPS) is 10.8. The first-order valence-corrected chi connectivity index (χ1v) is 11.3. The molecular formula is C25H21N3O5S. The lowest BCUT2D eigenvalue weighted by molar-refractivity contribution is -0.114. The molecule has 0 bridgehead atoms. The number of esters is 1. The van der Waals surface area contributed by atoms with Crippen LogP contribution < -0.4 is 10.9 Å². The lowest BCUT2D eigenvalue weighted by Crippen LogP contribution is -2.24. The second-order valence-corrected chi connectivity index (χ2v) is 8.66. The number of aryl methyl sites for hydroxylation is 1. The van der Waals surface area contributed by atoms with Crippen molar-refractivity contribution < 1.29 is 19.1 Å². The van der Waals surface area contributed by atoms with Crippen LogP contribution in [0.1, 0.15) is 38.1 Å². The van der Waals surface area contributed by atoms with Gasteiger partial charge in [-0.1, -0.05) is 30.3 Å². The van der Waals surface area contributed by atoms with Crippen LogP contribution in [0.4, 0.5) is 5.69 Å². The average Bonchev–Trinajstić information content (AvgIpc) is 3.17. The Kier molecular flexibility index (Phi) is 6.65. The molecule has 4 aromatic rings. The van der Waals surface area contributed by atoms with Crippen LogP contribution in [0.15, 0.2) is 65.7 Å². The maximum atomic E-state index is 13.1. The van der Waals surface area contributed by atoms with Gasteiger partial charge in [0.25, 0.3) is 5.56 Å². The first-order chi connectivity index (χ1) is 16.3. The largest absolute Gasteiger partial charge is 0.457 e. The summed E-state index contributed by atoms with van der Waals surface area (Å²) in [5.74, 6) is -1.02. The molecule has 0 aliphatic carbocycles. The van der Waals surface area contributed by atoms with Crippen molar-refractivity contribution in [1.29, 1.82) is 0 Å². The molecule has 0 fully saturated rings. The van der Waals surface area contributed by atoms with Gasteiger partial charge < -0.3 is 10.1 Å². The van der Waals surface area contributed by atoms with Crippen molar-refractivity contribution in [2.24, 2.45) is 0 Å². The summed E-state index contributed by atoms with van der Waals surface area (Å²) >= 11 is 1.09. The van der Waals surface area contributed by atoms with Gasteiger partial charge in [-0.2, -0.15) is 0 Å². The summed E-state index contributed by atoms with van der Waals surface area (Å²) < 4.78 is 6.63. The van der Waals surface area contributed by atoms with Gasteiger partial charge in [0.05, 0.1) is 18.3 Å². The number of amides is 1. The molecule has 1 amide bonds. The number of ketones is 1. The van der Waals surface area contributed by atoms with Gasteiger partial charge in [-0.05, 0) is 42.3 Å². The van der Waals surface area contributed by atoms with E-state index in [1.807, 2.05) is 30.3 Å². The van der Waals surface area contributed by atoms with Gasteiger partial charge in [0, 0.05) is 18.2 Å². The lowest BCUT2D eigenvalue weighted by atomic mass is 10.1. The molecule has 2 aromatic carbocycles. The van der Waals surface area contributed by atoms with Crippen LogP contribution in [0.5, 0.6) is 0 Å². The number of fused-ring (bicyclic) bond motifs is 1. The summed E-state index contributed by atoms with van der Waals surface area (Å²) in [7, 11) is 0. The predicted octanol–water partition coefficient (Wildman–Crippen LogP) is 3.96. The van der Waals surface area contributed by atoms with Gasteiger partial charge in [-0.15, -0.1) is 11.3 Å². The summed E-state index contributed by atoms with van der Waals surface area (Å²) in [5.41, 5.74) is 1.91. The smallest absolute Gasteiger partial charge is 0.349 e. The quantitative estimate of drug-likeness (QED) is 0.320. The summed E-state index contributed by atoms with van der Waals surface area (Å²) in [4.78, 5) is 54.6. The molecule has 9 heteroatoms. The van der Waals surface area contributed by atoms with E-state index in [-0.39, 0.29) is 24.8 Å². The SMILES string of the molecule is CC(=O)Nc1ccc(C(=O)Cn2cnc3sc(C(=O)OCc4ccccc4)c(C)c3c2=O)cc1. The third kappa shape index (κ3) is 4.94. The molecule has 0 radical (unpaired) electrons. The Labute approximate surface area is 198 Å². The fraction of sp³-hybridized carbons (Fsp3) is 0.160. The van der Waals surface area contributed by atoms with Crippen LogP contribution in [0.25, 0.3) is 10.2 Å². The summed E-state index contributed by atoms with van der Waals surface area (Å²) in [6, 6.07) is 15.7. The number of ether oxygens (including phenoxy) is 1. The summed E-state index contributed by atoms with van der Waals surface area (Å²) in [6.45, 7) is 2.99. The number of anilines is 1. The number of rotatable bonds is 7. The third-order valence-electron chi connectivity index (χ3n) is 5.16. The van der Waals surface area contributed by atoms with Crippen molar-refractivity contribution in [3.63, 3.8) is 0 Å². The first-order valence-electron chi connectivity index (χ1n) is 10.4. The van der Waals surface area contributed by atoms with Crippen molar-refractivity contribution in [2.45, 2.75) is 27.0 Å². The molecular weight excluding hydrogens is 454 g/mol. The molecule has 2 aromatic heterocycles. The second-order valence-electron chi connectivity index (χ2n) is 7.66. The summed E-state index contributed by atoms with van der Waals surface area (Å²) in [6.07, 6.45) is 1.31. The van der Waals surface area contributed by atoms with Gasteiger partial charge >= 0.3 is 5.97 Å². The maximum Gasteiger partial charge on any atom is 0.349 e. The van der Waals surface area contributed by atoms with E-state index >= 15 is 0 Å². The number of carbonyl (C=O) groups is 3. The highest BCUT2D eigenvalue weighted by Gasteiger charge is 2.21. The molecule has 0 unspecified atom stereocenters. The topological polar surface area (TPSA) is 107 Å². The fourth-order valence-corrected chi connectivity index (χ4v) is 4.48. The number of carbonyl (C=O) groups excluding carboxylic acids is 3. The Morgan fingerprint density at radius 3 is 2.44 bits per heavy atom. The Morgan fingerprint density at radius 1 is 1.06 bits per heavy atom. The molecule has 8 nitrogen and oxygen atoms in total. The molecule has 0 saturated carbocycles. The molecule has 34 heavy (non-hydrogen) atoms. The molecule has 0 spiro atoms. The summed E-state index contributed by atoms with van der Waals surface area (Å²) in [5, 5.41) is 2.93. The molecule has 172 valence electrons. The maximum absolute atomic E-state index is 13.1. The number of nitrogens with zero attached hydrogens (tertiary/aromatic N) is 2. The minimum atomic E-state index is -0.523. The highest BCUT2D eigenvalue weighted by Crippen LogP contribution is 2.27. The van der Waals surface area contributed by atoms with E-state index in [2.05, 4.69) is 10.3 Å². The van der Waals surface area contributed by atoms with E-state index in [1.54, 1.807) is 31.2 Å². The standard InChI is InChI=1S/C25H21N3O5S/c1-15-21-23(34-22(15)25(32)33-13-17-6-4-3-5-7-17)26-14-28(24(21)31)12-20(30)18-8-10-19(11-9-18)27-16(2)29/h3-11,14H,12-13H2,1-2H3,(H,27,29). The zero-order valence-electron chi connectivity index (χ0n) is 18.5. The van der Waals surface area contributed by atoms with E-state index in [9.17, 15) is 19.2 Å². The van der Waals surface area contributed by atoms with Crippen molar-refractivity contribution in [2.75, 3.05) is 5.32 Å². The molecule has 1 N–H and O–H groups in total. The Balaban J connectivity index is 1.53. The van der Waals surface area contributed by atoms with Crippen molar-refractivity contribution in [3.8, 4) is 0 Å². The van der Waals surface area contributed by atoms with E-state index < -0.39 is 11.5 Å². The first kappa shape index (κ1) is 23.1. The number of hydrogen-bond donors (Lipinski definition) is 1. The number of hydrogen-bond acceptors (Lipinski definition) is 7. The molecule has 0 aliphatic rings. The van der Waals surface area contributed by atoms with Crippen LogP contribution in [0, 0.1) is 6.92 Å². The zero-order valence-corrected chi connectivity index (χ0v) is 19.3. The van der Waals surface area contributed by atoms with Crippen molar-refractivity contribution in [3.05, 3.63) is 92.8 Å². The average molecular weight is 476 g/mol. The molecule has 0 atom stereocenters. The molecule has 0 aliphatic heterocycles. The highest BCUT2D eigenvalue weighted by molar-refractivity contribution is 7.20. The van der Waals surface area contributed by atoms with E-state index in [1.165, 1.54) is 17.8 Å². The van der Waals surface area contributed by atoms with Crippen molar-refractivity contribution >= 4 is 44.9 Å². The van der Waals surface area contributed by atoms with Crippen LogP contribution in [-0.2, 0) is 22.7 Å². The number of benzene rings is 2. The predicted molar refractivity (Wildman–Crippen MR) is 129 cm³/mol. The van der Waals surface area contributed by atoms with Crippen LogP contribution in [0.2, 0.25) is 0 Å². The minimum Gasteiger partial charge on any atom is -0.457 e. The zero-order chi connectivity index (χ0) is 24.2. The van der Waals surface area contributed by atoms with Crippen molar-refractivity contribution in [1.82, 2.24) is 9.55 Å². The molecule has 4 rings (SSSR count). The third-order valence-corrected chi connectivity index (χ3v) is 6.34. The highest BCUT2D eigenvalue weighted by atomic mass is 32.1. The van der Waals surface area contributed by atoms with Gasteiger partial charge in [-0.3, -0.25) is 19.0 Å². The van der Waals surface area contributed by atoms with E-state index in [0.29, 0.717) is 31.9 Å². The monoisotopic (exact) mass is 475 g/mol. The minimum absolute atomic E-state index is 0.125. The van der Waals surface area contributed by atoms with Crippen LogP contribution in [-0.4, -0.2) is 27.2 Å². The van der Waals surface area contributed by atoms with Gasteiger partial charge in [-0.25, -0.2) is 9.78 Å². The number of Topliss-reactive ketones (excluding diaryl/α,β-unsaturated/α-hetero) is 1. The number of thiophene rings is 1. The Hall–Kier alpha value is -4.11. The van der Waals surface area contributed by atoms with Crippen LogP contribution in [0.3, 0.4) is 0 Å². The second kappa shape index (κ2) is 9.80. The Bertz CT molecular complexity index is 1440. The van der Waals surface area contributed by atoms with E-state index in [4.69, 9.17) is 4.74 Å². The van der Waals surface area contributed by atoms with Gasteiger partial charge in [0.15, 0.2) is 5.78 Å². The van der Waals surface area contributed by atoms with Gasteiger partial charge in [0.2, 0.25) is 5.91 Å². The Morgan fingerprint density at radius 2 is 1.76 bits per heavy atom. The molecule has 0 saturated heterocycles. The van der Waals surface area contributed by atoms with E-state index in [0.717, 1.165) is 16.9 Å². The molecule has 2 heterocycles. The fourth-order valence-electron chi connectivity index (χ4n) is 3.44. The number of aromatic nitrogens is 2. The number of nitrogens with one attached hydrogen (secondary N) is 1. The lowest BCUT2D eigenvalue weighted by Gasteiger charge is -2.07. The van der Waals surface area contributed by atoms with Crippen LogP contribution >= 0.6 is 11.3 Å².